The van der Waals surface area contributed by atoms with Crippen LogP contribution in [-0.2, 0) is 26.5 Å². The van der Waals surface area contributed by atoms with Crippen molar-refractivity contribution in [3.05, 3.63) is 63.6 Å². The summed E-state index contributed by atoms with van der Waals surface area (Å²) in [5, 5.41) is 17.1. The molecule has 0 saturated carbocycles. The number of carbonyl (C=O) groups is 3. The lowest BCUT2D eigenvalue weighted by molar-refractivity contribution is -0.143. The lowest BCUT2D eigenvalue weighted by Crippen LogP contribution is -2.54. The van der Waals surface area contributed by atoms with Gasteiger partial charge in [0.05, 0.1) is 35.2 Å². The molecule has 31 heavy (non-hydrogen) atoms. The maximum Gasteiger partial charge on any atom is 0.250 e. The highest BCUT2D eigenvalue weighted by molar-refractivity contribution is 6.35. The molecule has 2 fully saturated rings. The van der Waals surface area contributed by atoms with Crippen LogP contribution in [-0.4, -0.2) is 39.9 Å². The predicted molar refractivity (Wildman–Crippen MR) is 114 cm³/mol. The van der Waals surface area contributed by atoms with Crippen molar-refractivity contribution in [2.45, 2.75) is 31.2 Å². The van der Waals surface area contributed by atoms with Crippen molar-refractivity contribution in [2.75, 3.05) is 5.32 Å². The van der Waals surface area contributed by atoms with Gasteiger partial charge in [-0.3, -0.25) is 24.6 Å². The van der Waals surface area contributed by atoms with Crippen molar-refractivity contribution >= 4 is 46.6 Å². The standard InChI is InChI=1S/C22H19Cl2N3O4/c1-10(28)17-15-16(20(30)27(19(15)29)9-11-5-2-3-7-13(11)23)22(26-17)12-6-4-8-14(24)18(12)25-21(22)31/h2-8,10,15-17,26,28H,9H2,1H3,(H,25,31)/t10-,15-,16-,17-,22+/m0/s1. The zero-order chi connectivity index (χ0) is 22.1. The molecule has 0 aromatic heterocycles. The van der Waals surface area contributed by atoms with E-state index in [-0.39, 0.29) is 6.54 Å². The summed E-state index contributed by atoms with van der Waals surface area (Å²) >= 11 is 12.5. The van der Waals surface area contributed by atoms with Crippen LogP contribution in [0.1, 0.15) is 18.1 Å². The molecule has 2 aromatic rings. The third kappa shape index (κ3) is 2.70. The minimum Gasteiger partial charge on any atom is -0.392 e. The Labute approximate surface area is 188 Å². The highest BCUT2D eigenvalue weighted by Crippen LogP contribution is 2.54. The van der Waals surface area contributed by atoms with Gasteiger partial charge in [0, 0.05) is 16.6 Å². The number of carbonyl (C=O) groups excluding carboxylic acids is 3. The summed E-state index contributed by atoms with van der Waals surface area (Å²) < 4.78 is 0. The summed E-state index contributed by atoms with van der Waals surface area (Å²) in [7, 11) is 0. The molecule has 5 atom stereocenters. The summed E-state index contributed by atoms with van der Waals surface area (Å²) in [5.41, 5.74) is 0.0512. The molecule has 3 aliphatic heterocycles. The summed E-state index contributed by atoms with van der Waals surface area (Å²) in [6.45, 7) is 1.53. The molecular formula is C22H19Cl2N3O4. The van der Waals surface area contributed by atoms with Gasteiger partial charge < -0.3 is 10.4 Å². The monoisotopic (exact) mass is 459 g/mol. The number of likely N-dealkylation sites (tertiary alicyclic amines) is 1. The van der Waals surface area contributed by atoms with Crippen molar-refractivity contribution in [1.29, 1.82) is 0 Å². The molecule has 1 spiro atoms. The summed E-state index contributed by atoms with van der Waals surface area (Å²) in [4.78, 5) is 41.4. The van der Waals surface area contributed by atoms with Gasteiger partial charge in [0.15, 0.2) is 0 Å². The Hall–Kier alpha value is -2.45. The van der Waals surface area contributed by atoms with Crippen molar-refractivity contribution in [2.24, 2.45) is 11.8 Å². The van der Waals surface area contributed by atoms with Crippen LogP contribution in [0.2, 0.25) is 10.0 Å². The molecule has 9 heteroatoms. The van der Waals surface area contributed by atoms with Crippen LogP contribution in [0.25, 0.3) is 0 Å². The third-order valence-electron chi connectivity index (χ3n) is 6.53. The van der Waals surface area contributed by atoms with Gasteiger partial charge >= 0.3 is 0 Å². The van der Waals surface area contributed by atoms with E-state index in [9.17, 15) is 19.5 Å². The molecule has 3 amide bonds. The highest BCUT2D eigenvalue weighted by Gasteiger charge is 2.71. The van der Waals surface area contributed by atoms with E-state index >= 15 is 0 Å². The van der Waals surface area contributed by atoms with E-state index in [1.54, 1.807) is 42.5 Å². The molecular weight excluding hydrogens is 441 g/mol. The molecule has 0 bridgehead atoms. The Morgan fingerprint density at radius 3 is 2.48 bits per heavy atom. The van der Waals surface area contributed by atoms with E-state index in [4.69, 9.17) is 23.2 Å². The Balaban J connectivity index is 1.63. The fourth-order valence-corrected chi connectivity index (χ4v) is 5.57. The first-order valence-corrected chi connectivity index (χ1v) is 10.7. The maximum absolute atomic E-state index is 13.6. The number of nitrogens with one attached hydrogen (secondary N) is 2. The first kappa shape index (κ1) is 20.5. The number of benzene rings is 2. The van der Waals surface area contributed by atoms with Crippen LogP contribution in [0.3, 0.4) is 0 Å². The number of anilines is 1. The fraction of sp³-hybridized carbons (Fsp3) is 0.318. The number of aliphatic hydroxyl groups is 1. The third-order valence-corrected chi connectivity index (χ3v) is 7.21. The number of hydrogen-bond acceptors (Lipinski definition) is 5. The van der Waals surface area contributed by atoms with E-state index in [1.807, 2.05) is 0 Å². The van der Waals surface area contributed by atoms with E-state index < -0.39 is 47.2 Å². The van der Waals surface area contributed by atoms with Crippen LogP contribution in [0.4, 0.5) is 5.69 Å². The number of halogens is 2. The largest absolute Gasteiger partial charge is 0.392 e. The molecule has 7 nitrogen and oxygen atoms in total. The quantitative estimate of drug-likeness (QED) is 0.611. The highest BCUT2D eigenvalue weighted by atomic mass is 35.5. The Kier molecular flexibility index (Phi) is 4.64. The van der Waals surface area contributed by atoms with E-state index in [1.165, 1.54) is 6.92 Å². The van der Waals surface area contributed by atoms with Gasteiger partial charge in [0.25, 0.3) is 0 Å². The Morgan fingerprint density at radius 2 is 1.77 bits per heavy atom. The zero-order valence-electron chi connectivity index (χ0n) is 16.4. The number of para-hydroxylation sites is 1. The molecule has 3 N–H and O–H groups in total. The van der Waals surface area contributed by atoms with Crippen molar-refractivity contribution < 1.29 is 19.5 Å². The summed E-state index contributed by atoms with van der Waals surface area (Å²) in [5.74, 6) is -3.29. The molecule has 0 radical (unpaired) electrons. The second kappa shape index (κ2) is 7.03. The zero-order valence-corrected chi connectivity index (χ0v) is 17.9. The van der Waals surface area contributed by atoms with Crippen LogP contribution in [0, 0.1) is 11.8 Å². The van der Waals surface area contributed by atoms with Gasteiger partial charge in [-0.15, -0.1) is 0 Å². The number of hydrogen-bond donors (Lipinski definition) is 3. The maximum atomic E-state index is 13.6. The van der Waals surface area contributed by atoms with Crippen LogP contribution < -0.4 is 10.6 Å². The van der Waals surface area contributed by atoms with Crippen LogP contribution in [0.15, 0.2) is 42.5 Å². The molecule has 0 aliphatic carbocycles. The normalized spacial score (nSPS) is 30.0. The van der Waals surface area contributed by atoms with Crippen molar-refractivity contribution in [1.82, 2.24) is 10.2 Å². The van der Waals surface area contributed by atoms with Gasteiger partial charge in [0.2, 0.25) is 17.7 Å². The lowest BCUT2D eigenvalue weighted by atomic mass is 9.76. The smallest absolute Gasteiger partial charge is 0.250 e. The second-order valence-electron chi connectivity index (χ2n) is 8.19. The second-order valence-corrected chi connectivity index (χ2v) is 9.01. The molecule has 2 aromatic carbocycles. The first-order valence-electron chi connectivity index (χ1n) is 9.92. The molecule has 2 saturated heterocycles. The lowest BCUT2D eigenvalue weighted by Gasteiger charge is -2.30. The molecule has 3 aliphatic rings. The van der Waals surface area contributed by atoms with E-state index in [0.717, 1.165) is 4.90 Å². The van der Waals surface area contributed by atoms with E-state index in [2.05, 4.69) is 10.6 Å². The molecule has 5 rings (SSSR count). The number of imide groups is 1. The fourth-order valence-electron chi connectivity index (χ4n) is 5.15. The number of amides is 3. The minimum absolute atomic E-state index is 0.00300. The number of fused-ring (bicyclic) bond motifs is 4. The molecule has 160 valence electrons. The van der Waals surface area contributed by atoms with Gasteiger partial charge in [0.1, 0.15) is 5.54 Å². The SMILES string of the molecule is C[C@H](O)[C@@H]1N[C@@]2(C(=O)Nc3c(Cl)cccc32)[C@@H]2C(=O)N(Cc3ccccc3Cl)C(=O)[C@H]12. The van der Waals surface area contributed by atoms with Crippen molar-refractivity contribution in [3.8, 4) is 0 Å². The van der Waals surface area contributed by atoms with Gasteiger partial charge in [-0.25, -0.2) is 0 Å². The van der Waals surface area contributed by atoms with Gasteiger partial charge in [-0.05, 0) is 24.6 Å². The van der Waals surface area contributed by atoms with Gasteiger partial charge in [-0.2, -0.15) is 0 Å². The average Bonchev–Trinajstić information content (AvgIpc) is 3.32. The average molecular weight is 460 g/mol. The topological polar surface area (TPSA) is 98.7 Å². The summed E-state index contributed by atoms with van der Waals surface area (Å²) in [6.07, 6.45) is -0.972. The van der Waals surface area contributed by atoms with Gasteiger partial charge in [-0.1, -0.05) is 53.5 Å². The number of aliphatic hydroxyl groups excluding tert-OH is 1. The predicted octanol–water partition coefficient (Wildman–Crippen LogP) is 2.29. The number of nitrogens with zero attached hydrogens (tertiary/aromatic N) is 1. The van der Waals surface area contributed by atoms with E-state index in [0.29, 0.717) is 26.9 Å². The number of rotatable bonds is 3. The van der Waals surface area contributed by atoms with Crippen LogP contribution >= 0.6 is 23.2 Å². The molecule has 0 unspecified atom stereocenters. The molecule has 3 heterocycles. The summed E-state index contributed by atoms with van der Waals surface area (Å²) in [6, 6.07) is 11.2. The van der Waals surface area contributed by atoms with Crippen molar-refractivity contribution in [3.63, 3.8) is 0 Å². The Bertz CT molecular complexity index is 1140. The minimum atomic E-state index is -1.49. The first-order chi connectivity index (χ1) is 14.8. The van der Waals surface area contributed by atoms with Crippen LogP contribution in [0.5, 0.6) is 0 Å². The Morgan fingerprint density at radius 1 is 1.06 bits per heavy atom.